The summed E-state index contributed by atoms with van der Waals surface area (Å²) in [5, 5.41) is 9.42. The van der Waals surface area contributed by atoms with Crippen LogP contribution in [0.1, 0.15) is 27.2 Å². The highest BCUT2D eigenvalue weighted by molar-refractivity contribution is 5.87. The number of carbonyl (C=O) groups excluding carboxylic acids is 1. The second-order valence-corrected chi connectivity index (χ2v) is 3.52. The second kappa shape index (κ2) is 4.46. The minimum absolute atomic E-state index is 0.0215. The zero-order chi connectivity index (χ0) is 10.7. The highest BCUT2D eigenvalue weighted by Crippen LogP contribution is 2.27. The van der Waals surface area contributed by atoms with Crippen molar-refractivity contribution in [2.45, 2.75) is 33.5 Å². The van der Waals surface area contributed by atoms with Gasteiger partial charge in [0.1, 0.15) is 0 Å². The molecule has 0 saturated heterocycles. The van der Waals surface area contributed by atoms with Crippen LogP contribution in [0.2, 0.25) is 0 Å². The van der Waals surface area contributed by atoms with Gasteiger partial charge in [-0.15, -0.1) is 0 Å². The molecule has 0 aromatic carbocycles. The number of carbonyl (C=O) groups is 1. The van der Waals surface area contributed by atoms with Crippen LogP contribution in [0.4, 0.5) is 0 Å². The van der Waals surface area contributed by atoms with Gasteiger partial charge in [0.05, 0.1) is 6.61 Å². The molecule has 14 heavy (non-hydrogen) atoms. The van der Waals surface area contributed by atoms with Gasteiger partial charge in [0, 0.05) is 5.92 Å². The first-order valence-electron chi connectivity index (χ1n) is 4.77. The Kier molecular flexibility index (Phi) is 3.52. The Morgan fingerprint density at radius 3 is 2.93 bits per heavy atom. The molecule has 0 aromatic heterocycles. The minimum atomic E-state index is -0.905. The lowest BCUT2D eigenvalue weighted by atomic mass is 9.98. The van der Waals surface area contributed by atoms with Crippen molar-refractivity contribution < 1.29 is 19.4 Å². The number of rotatable bonds is 2. The molecule has 0 aromatic rings. The van der Waals surface area contributed by atoms with Gasteiger partial charge in [-0.2, -0.15) is 0 Å². The Morgan fingerprint density at radius 1 is 1.71 bits per heavy atom. The maximum Gasteiger partial charge on any atom is 0.373 e. The van der Waals surface area contributed by atoms with Crippen molar-refractivity contribution in [1.29, 1.82) is 0 Å². The monoisotopic (exact) mass is 200 g/mol. The van der Waals surface area contributed by atoms with E-state index in [-0.39, 0.29) is 11.7 Å². The normalized spacial score (nSPS) is 27.1. The Morgan fingerprint density at radius 2 is 2.36 bits per heavy atom. The first-order chi connectivity index (χ1) is 6.56. The zero-order valence-electron chi connectivity index (χ0n) is 8.74. The van der Waals surface area contributed by atoms with Gasteiger partial charge in [-0.3, -0.25) is 0 Å². The van der Waals surface area contributed by atoms with Crippen LogP contribution in [-0.4, -0.2) is 24.0 Å². The third kappa shape index (κ3) is 2.26. The molecule has 1 aliphatic heterocycles. The van der Waals surface area contributed by atoms with E-state index in [9.17, 15) is 9.90 Å². The molecule has 1 rings (SSSR count). The predicted octanol–water partition coefficient (Wildman–Crippen LogP) is 1.20. The van der Waals surface area contributed by atoms with E-state index in [0.29, 0.717) is 13.0 Å². The molecule has 1 heterocycles. The van der Waals surface area contributed by atoms with E-state index in [1.807, 2.05) is 13.8 Å². The maximum absolute atomic E-state index is 11.3. The molecule has 0 aliphatic carbocycles. The van der Waals surface area contributed by atoms with Gasteiger partial charge in [0.2, 0.25) is 12.0 Å². The number of hydrogen-bond donors (Lipinski definition) is 1. The van der Waals surface area contributed by atoms with Gasteiger partial charge in [-0.05, 0) is 25.8 Å². The molecule has 2 atom stereocenters. The molecular formula is C10H16O4. The van der Waals surface area contributed by atoms with Gasteiger partial charge >= 0.3 is 5.97 Å². The number of aliphatic hydroxyl groups is 1. The molecule has 4 nitrogen and oxygen atoms in total. The Balaban J connectivity index is 2.76. The minimum Gasteiger partial charge on any atom is -0.460 e. The van der Waals surface area contributed by atoms with Crippen LogP contribution in [0.15, 0.2) is 11.3 Å². The molecule has 0 amide bonds. The molecule has 0 bridgehead atoms. The lowest BCUT2D eigenvalue weighted by Gasteiger charge is -2.27. The highest BCUT2D eigenvalue weighted by atomic mass is 16.6. The number of hydrogen-bond acceptors (Lipinski definition) is 4. The van der Waals surface area contributed by atoms with E-state index < -0.39 is 12.3 Å². The molecule has 0 saturated carbocycles. The van der Waals surface area contributed by atoms with Crippen LogP contribution >= 0.6 is 0 Å². The van der Waals surface area contributed by atoms with Crippen molar-refractivity contribution in [1.82, 2.24) is 0 Å². The molecule has 4 heteroatoms. The van der Waals surface area contributed by atoms with Crippen molar-refractivity contribution in [3.8, 4) is 0 Å². The topological polar surface area (TPSA) is 55.8 Å². The first-order valence-corrected chi connectivity index (χ1v) is 4.77. The molecule has 1 N–H and O–H groups in total. The third-order valence-electron chi connectivity index (χ3n) is 2.20. The lowest BCUT2D eigenvalue weighted by molar-refractivity contribution is -0.157. The van der Waals surface area contributed by atoms with Crippen molar-refractivity contribution >= 4 is 5.97 Å². The fourth-order valence-electron chi connectivity index (χ4n) is 1.43. The van der Waals surface area contributed by atoms with E-state index in [4.69, 9.17) is 9.47 Å². The quantitative estimate of drug-likeness (QED) is 0.680. The molecule has 0 spiro atoms. The molecule has 1 aliphatic rings. The van der Waals surface area contributed by atoms with Crippen molar-refractivity contribution in [2.75, 3.05) is 6.61 Å². The van der Waals surface area contributed by atoms with Crippen LogP contribution in [0.3, 0.4) is 0 Å². The molecule has 0 radical (unpaired) electrons. The van der Waals surface area contributed by atoms with Crippen LogP contribution in [0.25, 0.3) is 0 Å². The first kappa shape index (κ1) is 11.0. The third-order valence-corrected chi connectivity index (χ3v) is 2.20. The summed E-state index contributed by atoms with van der Waals surface area (Å²) >= 11 is 0. The number of ether oxygens (including phenoxy) is 2. The van der Waals surface area contributed by atoms with E-state index in [0.717, 1.165) is 5.57 Å². The van der Waals surface area contributed by atoms with Gasteiger partial charge < -0.3 is 14.6 Å². The van der Waals surface area contributed by atoms with E-state index in [2.05, 4.69) is 0 Å². The zero-order valence-corrected chi connectivity index (χ0v) is 8.74. The van der Waals surface area contributed by atoms with Crippen LogP contribution in [-0.2, 0) is 14.3 Å². The summed E-state index contributed by atoms with van der Waals surface area (Å²) in [4.78, 5) is 11.3. The van der Waals surface area contributed by atoms with Crippen molar-refractivity contribution in [3.05, 3.63) is 11.3 Å². The van der Waals surface area contributed by atoms with E-state index in [1.165, 1.54) is 0 Å². The van der Waals surface area contributed by atoms with Crippen LogP contribution in [0, 0.1) is 5.92 Å². The average Bonchev–Trinajstić information content (AvgIpc) is 2.11. The lowest BCUT2D eigenvalue weighted by Crippen LogP contribution is -2.29. The van der Waals surface area contributed by atoms with Crippen LogP contribution in [0.5, 0.6) is 0 Å². The molecule has 1 unspecified atom stereocenters. The van der Waals surface area contributed by atoms with Crippen molar-refractivity contribution in [2.24, 2.45) is 5.92 Å². The summed E-state index contributed by atoms with van der Waals surface area (Å²) in [6, 6.07) is 0. The fourth-order valence-corrected chi connectivity index (χ4v) is 1.43. The largest absolute Gasteiger partial charge is 0.460 e. The Labute approximate surface area is 83.5 Å². The molecular weight excluding hydrogens is 184 g/mol. The summed E-state index contributed by atoms with van der Waals surface area (Å²) in [5.74, 6) is -0.304. The number of aliphatic hydroxyl groups excluding tert-OH is 1. The SMILES string of the molecule is CCOC(=O)C1=C(C)C[C@@H](C)C(O)O1. The summed E-state index contributed by atoms with van der Waals surface area (Å²) in [5.41, 5.74) is 0.834. The standard InChI is InChI=1S/C10H16O4/c1-4-13-10(12)8-6(2)5-7(3)9(11)14-8/h7,9,11H,4-5H2,1-3H3/t7-,9?/m1/s1. The summed E-state index contributed by atoms with van der Waals surface area (Å²) in [6.07, 6.45) is -0.243. The van der Waals surface area contributed by atoms with Crippen molar-refractivity contribution in [3.63, 3.8) is 0 Å². The number of esters is 1. The summed E-state index contributed by atoms with van der Waals surface area (Å²) in [6.45, 7) is 5.73. The van der Waals surface area contributed by atoms with E-state index >= 15 is 0 Å². The van der Waals surface area contributed by atoms with E-state index in [1.54, 1.807) is 6.92 Å². The van der Waals surface area contributed by atoms with Gasteiger partial charge in [-0.1, -0.05) is 6.92 Å². The Bertz CT molecular complexity index is 257. The Hall–Kier alpha value is -1.03. The highest BCUT2D eigenvalue weighted by Gasteiger charge is 2.29. The smallest absolute Gasteiger partial charge is 0.373 e. The second-order valence-electron chi connectivity index (χ2n) is 3.52. The van der Waals surface area contributed by atoms with Gasteiger partial charge in [0.25, 0.3) is 0 Å². The maximum atomic E-state index is 11.3. The van der Waals surface area contributed by atoms with Crippen LogP contribution < -0.4 is 0 Å². The predicted molar refractivity (Wildman–Crippen MR) is 50.2 cm³/mol. The van der Waals surface area contributed by atoms with Gasteiger partial charge in [-0.25, -0.2) is 4.79 Å². The number of allylic oxidation sites excluding steroid dienone is 1. The summed E-state index contributed by atoms with van der Waals surface area (Å²) < 4.78 is 9.89. The summed E-state index contributed by atoms with van der Waals surface area (Å²) in [7, 11) is 0. The molecule has 80 valence electrons. The van der Waals surface area contributed by atoms with Gasteiger partial charge in [0.15, 0.2) is 0 Å². The molecule has 0 fully saturated rings. The fraction of sp³-hybridized carbons (Fsp3) is 0.700. The average molecular weight is 200 g/mol.